The van der Waals surface area contributed by atoms with Crippen LogP contribution < -0.4 is 11.1 Å². The van der Waals surface area contributed by atoms with Crippen LogP contribution in [0.25, 0.3) is 0 Å². The van der Waals surface area contributed by atoms with Crippen LogP contribution in [-0.4, -0.2) is 42.9 Å². The molecule has 5 heteroatoms. The Balaban J connectivity index is 3.90. The first-order valence-corrected chi connectivity index (χ1v) is 5.57. The van der Waals surface area contributed by atoms with E-state index >= 15 is 0 Å². The highest BCUT2D eigenvalue weighted by molar-refractivity contribution is 5.76. The molecule has 0 saturated carbocycles. The van der Waals surface area contributed by atoms with Gasteiger partial charge in [0, 0.05) is 25.7 Å². The Kier molecular flexibility index (Phi) is 7.29. The second-order valence-corrected chi connectivity index (χ2v) is 4.72. The van der Waals surface area contributed by atoms with Crippen molar-refractivity contribution in [1.29, 1.82) is 0 Å². The molecule has 0 aliphatic rings. The molecule has 0 aliphatic heterocycles. The molecule has 4 N–H and O–H groups in total. The number of carbonyl (C=O) groups excluding carboxylic acids is 1. The molecule has 16 heavy (non-hydrogen) atoms. The van der Waals surface area contributed by atoms with Crippen LogP contribution in [0.15, 0.2) is 0 Å². The average Bonchev–Trinajstić information content (AvgIpc) is 2.14. The first-order chi connectivity index (χ1) is 7.39. The van der Waals surface area contributed by atoms with E-state index in [0.717, 1.165) is 0 Å². The molecular formula is C11H24N2O3. The summed E-state index contributed by atoms with van der Waals surface area (Å²) in [7, 11) is 1.57. The van der Waals surface area contributed by atoms with Crippen LogP contribution >= 0.6 is 0 Å². The Morgan fingerprint density at radius 1 is 1.56 bits per heavy atom. The lowest BCUT2D eigenvalue weighted by atomic mass is 10.00. The van der Waals surface area contributed by atoms with Gasteiger partial charge in [0.1, 0.15) is 0 Å². The first kappa shape index (κ1) is 15.3. The van der Waals surface area contributed by atoms with Gasteiger partial charge in [-0.05, 0) is 26.7 Å². The lowest BCUT2D eigenvalue weighted by molar-refractivity contribution is -0.122. The quantitative estimate of drug-likeness (QED) is 0.550. The van der Waals surface area contributed by atoms with Crippen molar-refractivity contribution in [3.8, 4) is 0 Å². The topological polar surface area (TPSA) is 84.6 Å². The Bertz CT molecular complexity index is 196. The highest BCUT2D eigenvalue weighted by Gasteiger charge is 2.15. The molecule has 96 valence electrons. The van der Waals surface area contributed by atoms with Gasteiger partial charge >= 0.3 is 0 Å². The number of carbonyl (C=O) groups is 1. The third kappa shape index (κ3) is 8.64. The van der Waals surface area contributed by atoms with Crippen molar-refractivity contribution in [2.45, 2.75) is 44.7 Å². The normalized spacial score (nSPS) is 13.6. The summed E-state index contributed by atoms with van der Waals surface area (Å²) in [6.07, 6.45) is 1.54. The maximum absolute atomic E-state index is 11.5. The summed E-state index contributed by atoms with van der Waals surface area (Å²) in [6, 6.07) is -0.122. The van der Waals surface area contributed by atoms with Gasteiger partial charge < -0.3 is 20.9 Å². The zero-order valence-corrected chi connectivity index (χ0v) is 10.5. The average molecular weight is 232 g/mol. The molecule has 0 aromatic carbocycles. The Labute approximate surface area is 97.3 Å². The molecular weight excluding hydrogens is 208 g/mol. The van der Waals surface area contributed by atoms with Gasteiger partial charge in [-0.15, -0.1) is 0 Å². The lowest BCUT2D eigenvalue weighted by Gasteiger charge is -2.20. The summed E-state index contributed by atoms with van der Waals surface area (Å²) in [6.45, 7) is 4.23. The van der Waals surface area contributed by atoms with Crippen molar-refractivity contribution < 1.29 is 14.6 Å². The molecule has 1 unspecified atom stereocenters. The zero-order chi connectivity index (χ0) is 12.6. The Morgan fingerprint density at radius 2 is 2.19 bits per heavy atom. The predicted octanol–water partition coefficient (Wildman–Crippen LogP) is 0.0175. The first-order valence-electron chi connectivity index (χ1n) is 5.57. The molecule has 0 bridgehead atoms. The van der Waals surface area contributed by atoms with Crippen LogP contribution in [0, 0.1) is 0 Å². The van der Waals surface area contributed by atoms with E-state index in [2.05, 4.69) is 5.32 Å². The van der Waals surface area contributed by atoms with Gasteiger partial charge in [-0.3, -0.25) is 4.79 Å². The van der Waals surface area contributed by atoms with E-state index in [1.807, 2.05) is 13.8 Å². The Hall–Kier alpha value is -0.650. The van der Waals surface area contributed by atoms with Gasteiger partial charge in [-0.2, -0.15) is 0 Å². The number of aliphatic hydroxyl groups is 1. The van der Waals surface area contributed by atoms with Gasteiger partial charge in [0.2, 0.25) is 5.91 Å². The molecule has 1 atom stereocenters. The zero-order valence-electron chi connectivity index (χ0n) is 10.5. The summed E-state index contributed by atoms with van der Waals surface area (Å²) in [5.74, 6) is -0.0472. The Morgan fingerprint density at radius 3 is 2.62 bits per heavy atom. The molecule has 0 rings (SSSR count). The van der Waals surface area contributed by atoms with Crippen molar-refractivity contribution in [3.63, 3.8) is 0 Å². The molecule has 0 aromatic rings. The van der Waals surface area contributed by atoms with E-state index in [-0.39, 0.29) is 24.1 Å². The summed E-state index contributed by atoms with van der Waals surface area (Å²) in [5.41, 5.74) is 5.46. The minimum atomic E-state index is -0.328. The SMILES string of the molecule is COCC(CCO)NC(=O)CCC(C)(C)N. The second-order valence-electron chi connectivity index (χ2n) is 4.72. The van der Waals surface area contributed by atoms with E-state index < -0.39 is 0 Å². The molecule has 0 radical (unpaired) electrons. The van der Waals surface area contributed by atoms with Gasteiger partial charge in [0.25, 0.3) is 0 Å². The number of nitrogens with two attached hydrogens (primary N) is 1. The van der Waals surface area contributed by atoms with Crippen molar-refractivity contribution in [2.24, 2.45) is 5.73 Å². The number of amides is 1. The second kappa shape index (κ2) is 7.60. The van der Waals surface area contributed by atoms with Crippen molar-refractivity contribution >= 4 is 5.91 Å². The monoisotopic (exact) mass is 232 g/mol. The van der Waals surface area contributed by atoms with Crippen LogP contribution in [0.1, 0.15) is 33.1 Å². The van der Waals surface area contributed by atoms with Crippen molar-refractivity contribution in [3.05, 3.63) is 0 Å². The van der Waals surface area contributed by atoms with Crippen molar-refractivity contribution in [2.75, 3.05) is 20.3 Å². The maximum atomic E-state index is 11.5. The van der Waals surface area contributed by atoms with Gasteiger partial charge in [0.15, 0.2) is 0 Å². The van der Waals surface area contributed by atoms with E-state index in [9.17, 15) is 4.79 Å². The van der Waals surface area contributed by atoms with Crippen LogP contribution in [0.5, 0.6) is 0 Å². The fraction of sp³-hybridized carbons (Fsp3) is 0.909. The molecule has 0 saturated heterocycles. The van der Waals surface area contributed by atoms with E-state index in [0.29, 0.717) is 25.9 Å². The van der Waals surface area contributed by atoms with E-state index in [1.54, 1.807) is 7.11 Å². The molecule has 5 nitrogen and oxygen atoms in total. The predicted molar refractivity (Wildman–Crippen MR) is 63.0 cm³/mol. The van der Waals surface area contributed by atoms with E-state index in [4.69, 9.17) is 15.6 Å². The molecule has 0 spiro atoms. The van der Waals surface area contributed by atoms with Crippen LogP contribution in [0.2, 0.25) is 0 Å². The van der Waals surface area contributed by atoms with Crippen LogP contribution in [-0.2, 0) is 9.53 Å². The van der Waals surface area contributed by atoms with E-state index in [1.165, 1.54) is 0 Å². The minimum Gasteiger partial charge on any atom is -0.396 e. The smallest absolute Gasteiger partial charge is 0.220 e. The van der Waals surface area contributed by atoms with Gasteiger partial charge in [0.05, 0.1) is 12.6 Å². The summed E-state index contributed by atoms with van der Waals surface area (Å²) >= 11 is 0. The number of nitrogens with one attached hydrogen (secondary N) is 1. The standard InChI is InChI=1S/C11H24N2O3/c1-11(2,12)6-4-10(15)13-9(5-7-14)8-16-3/h9,14H,4-8,12H2,1-3H3,(H,13,15). The minimum absolute atomic E-state index is 0.0384. The molecule has 0 fully saturated rings. The fourth-order valence-corrected chi connectivity index (χ4v) is 1.29. The number of ether oxygens (including phenoxy) is 1. The highest BCUT2D eigenvalue weighted by Crippen LogP contribution is 2.07. The largest absolute Gasteiger partial charge is 0.396 e. The molecule has 0 aromatic heterocycles. The third-order valence-corrected chi connectivity index (χ3v) is 2.21. The third-order valence-electron chi connectivity index (χ3n) is 2.21. The van der Waals surface area contributed by atoms with Gasteiger partial charge in [-0.25, -0.2) is 0 Å². The summed E-state index contributed by atoms with van der Waals surface area (Å²) in [4.78, 5) is 11.5. The van der Waals surface area contributed by atoms with Crippen LogP contribution in [0.4, 0.5) is 0 Å². The lowest BCUT2D eigenvalue weighted by Crippen LogP contribution is -2.40. The van der Waals surface area contributed by atoms with Crippen LogP contribution in [0.3, 0.4) is 0 Å². The molecule has 1 amide bonds. The highest BCUT2D eigenvalue weighted by atomic mass is 16.5. The number of hydrogen-bond donors (Lipinski definition) is 3. The number of rotatable bonds is 8. The number of methoxy groups -OCH3 is 1. The molecule has 0 aliphatic carbocycles. The summed E-state index contributed by atoms with van der Waals surface area (Å²) < 4.78 is 4.95. The maximum Gasteiger partial charge on any atom is 0.220 e. The summed E-state index contributed by atoms with van der Waals surface area (Å²) in [5, 5.41) is 11.6. The molecule has 0 heterocycles. The van der Waals surface area contributed by atoms with Gasteiger partial charge in [-0.1, -0.05) is 0 Å². The number of hydrogen-bond acceptors (Lipinski definition) is 4. The number of aliphatic hydroxyl groups excluding tert-OH is 1. The van der Waals surface area contributed by atoms with Crippen molar-refractivity contribution in [1.82, 2.24) is 5.32 Å². The fourth-order valence-electron chi connectivity index (χ4n) is 1.29.